The van der Waals surface area contributed by atoms with Crippen molar-refractivity contribution < 1.29 is 17.9 Å². The van der Waals surface area contributed by atoms with E-state index in [1.807, 2.05) is 35.7 Å². The number of sulfonamides is 1. The summed E-state index contributed by atoms with van der Waals surface area (Å²) in [4.78, 5) is 18.4. The number of rotatable bonds is 6. The minimum absolute atomic E-state index is 0.0449. The number of thiazole rings is 1. The summed E-state index contributed by atoms with van der Waals surface area (Å²) < 4.78 is 28.8. The van der Waals surface area contributed by atoms with Gasteiger partial charge in [0.2, 0.25) is 10.0 Å². The number of aromatic nitrogens is 1. The third kappa shape index (κ3) is 5.39. The van der Waals surface area contributed by atoms with Gasteiger partial charge in [0.1, 0.15) is 11.5 Å². The van der Waals surface area contributed by atoms with Gasteiger partial charge in [-0.1, -0.05) is 48.0 Å². The summed E-state index contributed by atoms with van der Waals surface area (Å²) in [5.74, 6) is 0. The Morgan fingerprint density at radius 2 is 2.06 bits per heavy atom. The molecule has 11 heteroatoms. The molecule has 1 aromatic heterocycles. The van der Waals surface area contributed by atoms with E-state index in [1.54, 1.807) is 11.0 Å². The van der Waals surface area contributed by atoms with Crippen LogP contribution >= 0.6 is 22.9 Å². The van der Waals surface area contributed by atoms with E-state index in [0.29, 0.717) is 29.5 Å². The van der Waals surface area contributed by atoms with E-state index >= 15 is 0 Å². The second kappa shape index (κ2) is 9.45. The predicted octanol–water partition coefficient (Wildman–Crippen LogP) is 3.93. The van der Waals surface area contributed by atoms with Gasteiger partial charge in [0.15, 0.2) is 5.13 Å². The number of benzene rings is 2. The van der Waals surface area contributed by atoms with E-state index in [2.05, 4.69) is 10.3 Å². The number of halogens is 1. The van der Waals surface area contributed by atoms with Crippen LogP contribution in [0, 0.1) is 0 Å². The highest BCUT2D eigenvalue weighted by Crippen LogP contribution is 2.30. The minimum atomic E-state index is -3.93. The molecule has 3 N–H and O–H groups in total. The van der Waals surface area contributed by atoms with Gasteiger partial charge in [0.25, 0.3) is 0 Å². The minimum Gasteiger partial charge on any atom is -0.445 e. The Balaban J connectivity index is 1.35. The van der Waals surface area contributed by atoms with Crippen LogP contribution in [-0.2, 0) is 21.4 Å². The number of hydrogen-bond donors (Lipinski definition) is 2. The van der Waals surface area contributed by atoms with E-state index in [0.717, 1.165) is 12.0 Å². The highest BCUT2D eigenvalue weighted by atomic mass is 35.5. The Morgan fingerprint density at radius 1 is 1.28 bits per heavy atom. The van der Waals surface area contributed by atoms with Crippen LogP contribution in [0.2, 0.25) is 5.02 Å². The van der Waals surface area contributed by atoms with E-state index in [4.69, 9.17) is 21.5 Å². The maximum atomic E-state index is 12.3. The first-order valence-electron chi connectivity index (χ1n) is 9.80. The van der Waals surface area contributed by atoms with Gasteiger partial charge < -0.3 is 15.0 Å². The second-order valence-corrected chi connectivity index (χ2v) is 10.1. The van der Waals surface area contributed by atoms with Gasteiger partial charge in [0.05, 0.1) is 10.7 Å². The Labute approximate surface area is 195 Å². The normalized spacial score (nSPS) is 16.2. The third-order valence-electron chi connectivity index (χ3n) is 5.02. The summed E-state index contributed by atoms with van der Waals surface area (Å²) in [6, 6.07) is 14.2. The van der Waals surface area contributed by atoms with Gasteiger partial charge in [-0.25, -0.2) is 23.3 Å². The predicted molar refractivity (Wildman–Crippen MR) is 124 cm³/mol. The van der Waals surface area contributed by atoms with Crippen molar-refractivity contribution in [3.8, 4) is 11.3 Å². The summed E-state index contributed by atoms with van der Waals surface area (Å²) in [6.07, 6.45) is 0.431. The fraction of sp³-hybridized carbons (Fsp3) is 0.238. The maximum absolute atomic E-state index is 12.3. The average Bonchev–Trinajstić information content (AvgIpc) is 3.42. The molecule has 1 fully saturated rings. The van der Waals surface area contributed by atoms with Crippen LogP contribution in [0.3, 0.4) is 0 Å². The third-order valence-corrected chi connectivity index (χ3v) is 7.18. The molecule has 32 heavy (non-hydrogen) atoms. The van der Waals surface area contributed by atoms with Crippen LogP contribution in [0.1, 0.15) is 12.0 Å². The summed E-state index contributed by atoms with van der Waals surface area (Å²) in [6.45, 7) is 1.35. The quantitative estimate of drug-likeness (QED) is 0.538. The smallest absolute Gasteiger partial charge is 0.410 e. The molecule has 3 aromatic rings. The zero-order valence-corrected chi connectivity index (χ0v) is 19.3. The second-order valence-electron chi connectivity index (χ2n) is 7.34. The summed E-state index contributed by atoms with van der Waals surface area (Å²) in [5.41, 5.74) is 2.15. The van der Waals surface area contributed by atoms with E-state index in [-0.39, 0.29) is 28.7 Å². The largest absolute Gasteiger partial charge is 0.445 e. The standard InChI is InChI=1S/C21H21ClN4O4S2/c22-17-7-6-15(10-19(17)32(23,28)29)18-13-31-20(25-18)24-16-8-9-26(11-16)21(27)30-12-14-4-2-1-3-5-14/h1-7,10,13,16H,8-9,11-12H2,(H,24,25)(H2,23,28,29). The summed E-state index contributed by atoms with van der Waals surface area (Å²) in [7, 11) is -3.93. The molecule has 4 rings (SSSR count). The molecule has 8 nitrogen and oxygen atoms in total. The van der Waals surface area contributed by atoms with Crippen LogP contribution in [0.25, 0.3) is 11.3 Å². The first kappa shape index (κ1) is 22.5. The molecular formula is C21H21ClN4O4S2. The summed E-state index contributed by atoms with van der Waals surface area (Å²) >= 11 is 7.35. The molecule has 1 amide bonds. The van der Waals surface area contributed by atoms with Crippen LogP contribution in [0.4, 0.5) is 9.93 Å². The number of hydrogen-bond acceptors (Lipinski definition) is 7. The van der Waals surface area contributed by atoms with Gasteiger partial charge in [0, 0.05) is 30.1 Å². The molecule has 1 atom stereocenters. The van der Waals surface area contributed by atoms with E-state index < -0.39 is 10.0 Å². The van der Waals surface area contributed by atoms with Gasteiger partial charge in [-0.3, -0.25) is 0 Å². The van der Waals surface area contributed by atoms with Crippen LogP contribution in [-0.4, -0.2) is 43.5 Å². The molecule has 0 bridgehead atoms. The lowest BCUT2D eigenvalue weighted by atomic mass is 10.2. The van der Waals surface area contributed by atoms with Crippen LogP contribution in [0.15, 0.2) is 58.8 Å². The van der Waals surface area contributed by atoms with Crippen molar-refractivity contribution in [3.05, 3.63) is 64.5 Å². The van der Waals surface area contributed by atoms with Gasteiger partial charge in [-0.2, -0.15) is 0 Å². The fourth-order valence-corrected chi connectivity index (χ4v) is 5.25. The molecule has 0 radical (unpaired) electrons. The molecule has 1 aliphatic heterocycles. The SMILES string of the molecule is NS(=O)(=O)c1cc(-c2csc(NC3CCN(C(=O)OCc4ccccc4)C3)n2)ccc1Cl. The molecule has 2 heterocycles. The zero-order chi connectivity index (χ0) is 22.7. The first-order valence-corrected chi connectivity index (χ1v) is 12.6. The highest BCUT2D eigenvalue weighted by Gasteiger charge is 2.28. The van der Waals surface area contributed by atoms with Crippen molar-refractivity contribution in [1.82, 2.24) is 9.88 Å². The lowest BCUT2D eigenvalue weighted by Crippen LogP contribution is -2.32. The average molecular weight is 493 g/mol. The topological polar surface area (TPSA) is 115 Å². The highest BCUT2D eigenvalue weighted by molar-refractivity contribution is 7.89. The number of amides is 1. The molecule has 1 unspecified atom stereocenters. The van der Waals surface area contributed by atoms with E-state index in [9.17, 15) is 13.2 Å². The number of ether oxygens (including phenoxy) is 1. The number of anilines is 1. The van der Waals surface area contributed by atoms with Gasteiger partial charge in [-0.15, -0.1) is 11.3 Å². The first-order chi connectivity index (χ1) is 15.3. The number of nitrogens with one attached hydrogen (secondary N) is 1. The number of primary sulfonamides is 1. The van der Waals surface area contributed by atoms with Crippen molar-refractivity contribution in [1.29, 1.82) is 0 Å². The van der Waals surface area contributed by atoms with Crippen molar-refractivity contribution in [3.63, 3.8) is 0 Å². The van der Waals surface area contributed by atoms with E-state index in [1.165, 1.54) is 23.5 Å². The zero-order valence-electron chi connectivity index (χ0n) is 16.9. The summed E-state index contributed by atoms with van der Waals surface area (Å²) in [5, 5.41) is 11.1. The number of nitrogens with zero attached hydrogens (tertiary/aromatic N) is 2. The monoisotopic (exact) mass is 492 g/mol. The Kier molecular flexibility index (Phi) is 6.66. The molecule has 1 aliphatic rings. The fourth-order valence-electron chi connectivity index (χ4n) is 3.38. The number of carbonyl (C=O) groups is 1. The maximum Gasteiger partial charge on any atom is 0.410 e. The Hall–Kier alpha value is -2.66. The molecule has 0 saturated carbocycles. The van der Waals surface area contributed by atoms with Crippen LogP contribution < -0.4 is 10.5 Å². The Morgan fingerprint density at radius 3 is 2.81 bits per heavy atom. The molecule has 0 aliphatic carbocycles. The number of likely N-dealkylation sites (tertiary alicyclic amines) is 1. The van der Waals surface area contributed by atoms with Crippen molar-refractivity contribution in [2.45, 2.75) is 24.0 Å². The Bertz CT molecular complexity index is 1220. The molecule has 168 valence electrons. The molecule has 0 spiro atoms. The molecule has 2 aromatic carbocycles. The number of carbonyl (C=O) groups excluding carboxylic acids is 1. The molecular weight excluding hydrogens is 472 g/mol. The van der Waals surface area contributed by atoms with Crippen molar-refractivity contribution in [2.75, 3.05) is 18.4 Å². The molecule has 1 saturated heterocycles. The lowest BCUT2D eigenvalue weighted by Gasteiger charge is -2.16. The number of nitrogens with two attached hydrogens (primary N) is 1. The van der Waals surface area contributed by atoms with Crippen LogP contribution in [0.5, 0.6) is 0 Å². The van der Waals surface area contributed by atoms with Crippen molar-refractivity contribution >= 4 is 44.2 Å². The van der Waals surface area contributed by atoms with Gasteiger partial charge >= 0.3 is 6.09 Å². The lowest BCUT2D eigenvalue weighted by molar-refractivity contribution is 0.104. The van der Waals surface area contributed by atoms with Crippen molar-refractivity contribution in [2.24, 2.45) is 5.14 Å². The van der Waals surface area contributed by atoms with Gasteiger partial charge in [-0.05, 0) is 24.1 Å².